The van der Waals surface area contributed by atoms with Crippen molar-refractivity contribution in [3.8, 4) is 0 Å². The minimum Gasteiger partial charge on any atom is -0.314 e. The fourth-order valence-corrected chi connectivity index (χ4v) is 2.93. The third-order valence-electron chi connectivity index (χ3n) is 4.00. The van der Waals surface area contributed by atoms with Gasteiger partial charge in [-0.05, 0) is 76.1 Å². The van der Waals surface area contributed by atoms with Crippen molar-refractivity contribution in [1.29, 1.82) is 0 Å². The molecule has 0 aliphatic rings. The summed E-state index contributed by atoms with van der Waals surface area (Å²) < 4.78 is 0. The van der Waals surface area contributed by atoms with Crippen molar-refractivity contribution in [2.24, 2.45) is 0 Å². The summed E-state index contributed by atoms with van der Waals surface area (Å²) in [5.74, 6) is 0. The summed E-state index contributed by atoms with van der Waals surface area (Å²) in [6.45, 7) is 12.4. The zero-order valence-electron chi connectivity index (χ0n) is 13.5. The largest absolute Gasteiger partial charge is 0.314 e. The maximum absolute atomic E-state index is 3.64. The Morgan fingerprint density at radius 3 is 2.21 bits per heavy atom. The Balaban J connectivity index is 2.48. The highest BCUT2D eigenvalue weighted by Crippen LogP contribution is 2.19. The maximum Gasteiger partial charge on any atom is 0.00645 e. The van der Waals surface area contributed by atoms with Gasteiger partial charge in [-0.15, -0.1) is 0 Å². The zero-order chi connectivity index (χ0) is 14.3. The molecule has 1 rings (SSSR count). The Kier molecular flexibility index (Phi) is 7.15. The molecule has 0 fully saturated rings. The van der Waals surface area contributed by atoms with Crippen LogP contribution >= 0.6 is 0 Å². The molecule has 1 nitrogen and oxygen atoms in total. The van der Waals surface area contributed by atoms with E-state index in [0.717, 1.165) is 6.54 Å². The molecule has 108 valence electrons. The highest BCUT2D eigenvalue weighted by Gasteiger charge is 2.07. The second kappa shape index (κ2) is 8.37. The van der Waals surface area contributed by atoms with Gasteiger partial charge in [-0.3, -0.25) is 0 Å². The first-order valence-corrected chi connectivity index (χ1v) is 7.88. The summed E-state index contributed by atoms with van der Waals surface area (Å²) in [6.07, 6.45) is 6.28. The molecule has 0 radical (unpaired) electrons. The van der Waals surface area contributed by atoms with E-state index < -0.39 is 0 Å². The van der Waals surface area contributed by atoms with Crippen molar-refractivity contribution >= 4 is 0 Å². The highest BCUT2D eigenvalue weighted by atomic mass is 14.9. The molecule has 0 heterocycles. The molecule has 1 heteroatoms. The van der Waals surface area contributed by atoms with Crippen molar-refractivity contribution in [1.82, 2.24) is 5.32 Å². The minimum atomic E-state index is 0.700. The molecule has 1 aromatic rings. The van der Waals surface area contributed by atoms with Crippen LogP contribution in [0.4, 0.5) is 0 Å². The van der Waals surface area contributed by atoms with Crippen molar-refractivity contribution in [2.45, 2.75) is 72.8 Å². The van der Waals surface area contributed by atoms with E-state index in [1.165, 1.54) is 48.8 Å². The topological polar surface area (TPSA) is 12.0 Å². The van der Waals surface area contributed by atoms with Crippen LogP contribution in [0.5, 0.6) is 0 Å². The average molecular weight is 261 g/mol. The zero-order valence-corrected chi connectivity index (χ0v) is 13.5. The monoisotopic (exact) mass is 261 g/mol. The average Bonchev–Trinajstić information content (AvgIpc) is 2.36. The molecule has 1 N–H and O–H groups in total. The Morgan fingerprint density at radius 1 is 1.05 bits per heavy atom. The molecule has 1 unspecified atom stereocenters. The van der Waals surface area contributed by atoms with Gasteiger partial charge in [-0.1, -0.05) is 31.5 Å². The predicted octanol–water partition coefficient (Wildman–Crippen LogP) is 4.71. The molecule has 1 aromatic carbocycles. The van der Waals surface area contributed by atoms with Crippen molar-refractivity contribution < 1.29 is 0 Å². The molecule has 0 aromatic heterocycles. The van der Waals surface area contributed by atoms with E-state index in [1.807, 2.05) is 0 Å². The number of rotatable bonds is 8. The van der Waals surface area contributed by atoms with E-state index in [9.17, 15) is 0 Å². The highest BCUT2D eigenvalue weighted by molar-refractivity contribution is 5.37. The molecule has 0 spiro atoms. The molecule has 1 atom stereocenters. The van der Waals surface area contributed by atoms with Gasteiger partial charge in [0, 0.05) is 6.04 Å². The second-order valence-corrected chi connectivity index (χ2v) is 5.83. The third-order valence-corrected chi connectivity index (χ3v) is 4.00. The van der Waals surface area contributed by atoms with E-state index in [-0.39, 0.29) is 0 Å². The van der Waals surface area contributed by atoms with E-state index in [0.29, 0.717) is 6.04 Å². The number of aryl methyl sites for hydroxylation is 3. The lowest BCUT2D eigenvalue weighted by Crippen LogP contribution is -2.29. The van der Waals surface area contributed by atoms with Crippen LogP contribution in [0.1, 0.15) is 61.8 Å². The summed E-state index contributed by atoms with van der Waals surface area (Å²) in [6, 6.07) is 5.33. The maximum atomic E-state index is 3.64. The lowest BCUT2D eigenvalue weighted by molar-refractivity contribution is 0.455. The number of benzene rings is 1. The molecule has 0 aliphatic heterocycles. The van der Waals surface area contributed by atoms with Gasteiger partial charge in [0.2, 0.25) is 0 Å². The van der Waals surface area contributed by atoms with Gasteiger partial charge in [-0.2, -0.15) is 0 Å². The van der Waals surface area contributed by atoms with Gasteiger partial charge in [-0.25, -0.2) is 0 Å². The molecule has 19 heavy (non-hydrogen) atoms. The van der Waals surface area contributed by atoms with Crippen molar-refractivity contribution in [3.63, 3.8) is 0 Å². The predicted molar refractivity (Wildman–Crippen MR) is 86.0 cm³/mol. The van der Waals surface area contributed by atoms with Crippen LogP contribution in [0.3, 0.4) is 0 Å². The van der Waals surface area contributed by atoms with Crippen LogP contribution in [0, 0.1) is 20.8 Å². The van der Waals surface area contributed by atoms with Gasteiger partial charge < -0.3 is 5.32 Å². The van der Waals surface area contributed by atoms with Crippen LogP contribution in [0.15, 0.2) is 12.1 Å². The molecule has 0 saturated heterocycles. The first-order chi connectivity index (χ1) is 9.08. The number of nitrogens with one attached hydrogen (secondary N) is 1. The van der Waals surface area contributed by atoms with Crippen LogP contribution < -0.4 is 5.32 Å². The van der Waals surface area contributed by atoms with Gasteiger partial charge in [0.25, 0.3) is 0 Å². The third kappa shape index (κ3) is 5.36. The van der Waals surface area contributed by atoms with E-state index in [4.69, 9.17) is 0 Å². The molecular weight excluding hydrogens is 230 g/mol. The molecule has 0 aliphatic carbocycles. The van der Waals surface area contributed by atoms with Crippen LogP contribution in [0.25, 0.3) is 0 Å². The standard InChI is InChI=1S/C18H31N/c1-6-11-19-17(7-2)9-8-10-18-15(4)12-14(3)13-16(18)5/h12-13,17,19H,6-11H2,1-5H3. The number of hydrogen-bond acceptors (Lipinski definition) is 1. The number of hydrogen-bond donors (Lipinski definition) is 1. The second-order valence-electron chi connectivity index (χ2n) is 5.83. The van der Waals surface area contributed by atoms with Gasteiger partial charge >= 0.3 is 0 Å². The quantitative estimate of drug-likeness (QED) is 0.714. The fraction of sp³-hybridized carbons (Fsp3) is 0.667. The van der Waals surface area contributed by atoms with E-state index in [1.54, 1.807) is 5.56 Å². The first kappa shape index (κ1) is 16.2. The molecule has 0 bridgehead atoms. The summed E-state index contributed by atoms with van der Waals surface area (Å²) >= 11 is 0. The van der Waals surface area contributed by atoms with Crippen LogP contribution in [0.2, 0.25) is 0 Å². The van der Waals surface area contributed by atoms with Gasteiger partial charge in [0.1, 0.15) is 0 Å². The SMILES string of the molecule is CCCNC(CC)CCCc1c(C)cc(C)cc1C. The van der Waals surface area contributed by atoms with Crippen LogP contribution in [-0.4, -0.2) is 12.6 Å². The molecule has 0 saturated carbocycles. The normalized spacial score (nSPS) is 12.7. The van der Waals surface area contributed by atoms with E-state index >= 15 is 0 Å². The molecular formula is C18H31N. The summed E-state index contributed by atoms with van der Waals surface area (Å²) in [7, 11) is 0. The Morgan fingerprint density at radius 2 is 1.68 bits per heavy atom. The Hall–Kier alpha value is -0.820. The first-order valence-electron chi connectivity index (χ1n) is 7.88. The Bertz CT molecular complexity index is 358. The van der Waals surface area contributed by atoms with Crippen LogP contribution in [-0.2, 0) is 6.42 Å². The fourth-order valence-electron chi connectivity index (χ4n) is 2.93. The van der Waals surface area contributed by atoms with E-state index in [2.05, 4.69) is 52.1 Å². The van der Waals surface area contributed by atoms with Crippen molar-refractivity contribution in [2.75, 3.05) is 6.54 Å². The summed E-state index contributed by atoms with van der Waals surface area (Å²) in [5.41, 5.74) is 5.88. The van der Waals surface area contributed by atoms with Gasteiger partial charge in [0.15, 0.2) is 0 Å². The molecule has 0 amide bonds. The minimum absolute atomic E-state index is 0.700. The summed E-state index contributed by atoms with van der Waals surface area (Å²) in [4.78, 5) is 0. The van der Waals surface area contributed by atoms with Gasteiger partial charge in [0.05, 0.1) is 0 Å². The Labute approximate surface area is 119 Å². The van der Waals surface area contributed by atoms with Crippen molar-refractivity contribution in [3.05, 3.63) is 34.4 Å². The lowest BCUT2D eigenvalue weighted by atomic mass is 9.94. The summed E-state index contributed by atoms with van der Waals surface area (Å²) in [5, 5.41) is 3.64. The smallest absolute Gasteiger partial charge is 0.00645 e. The lowest BCUT2D eigenvalue weighted by Gasteiger charge is -2.17.